The molecular formula is C23H19NO. The molecule has 4 rings (SSSR count). The van der Waals surface area contributed by atoms with Gasteiger partial charge in [-0.3, -0.25) is 0 Å². The van der Waals surface area contributed by atoms with Gasteiger partial charge < -0.3 is 9.64 Å². The highest BCUT2D eigenvalue weighted by Crippen LogP contribution is 2.31. The van der Waals surface area contributed by atoms with Gasteiger partial charge in [0.05, 0.1) is 0 Å². The van der Waals surface area contributed by atoms with Gasteiger partial charge in [0.25, 0.3) is 0 Å². The molecule has 0 saturated carbocycles. The van der Waals surface area contributed by atoms with Crippen molar-refractivity contribution in [1.82, 2.24) is 0 Å². The Morgan fingerprint density at radius 1 is 1.04 bits per heavy atom. The Balaban J connectivity index is 1.65. The Labute approximate surface area is 148 Å². The van der Waals surface area contributed by atoms with E-state index in [1.165, 1.54) is 27.6 Å². The predicted molar refractivity (Wildman–Crippen MR) is 105 cm³/mol. The first-order valence-electron chi connectivity index (χ1n) is 8.43. The summed E-state index contributed by atoms with van der Waals surface area (Å²) in [4.78, 5) is 2.39. The van der Waals surface area contributed by atoms with Crippen LogP contribution in [-0.4, -0.2) is 13.2 Å². The Hall–Kier alpha value is -3.18. The van der Waals surface area contributed by atoms with Gasteiger partial charge in [-0.2, -0.15) is 0 Å². The van der Waals surface area contributed by atoms with Crippen molar-refractivity contribution in [2.45, 2.75) is 6.54 Å². The summed E-state index contributed by atoms with van der Waals surface area (Å²) in [5.41, 5.74) is 3.73. The quantitative estimate of drug-likeness (QED) is 0.634. The Bertz CT molecular complexity index is 976. The molecule has 1 heterocycles. The molecule has 1 aliphatic heterocycles. The van der Waals surface area contributed by atoms with Crippen molar-refractivity contribution in [2.75, 3.05) is 18.1 Å². The van der Waals surface area contributed by atoms with Crippen molar-refractivity contribution in [3.63, 3.8) is 0 Å². The van der Waals surface area contributed by atoms with Crippen LogP contribution in [0.3, 0.4) is 0 Å². The monoisotopic (exact) mass is 325 g/mol. The van der Waals surface area contributed by atoms with E-state index in [9.17, 15) is 0 Å². The Morgan fingerprint density at radius 2 is 1.92 bits per heavy atom. The van der Waals surface area contributed by atoms with Gasteiger partial charge >= 0.3 is 0 Å². The SMILES string of the molecule is C#CCOc1ccc2c(c1)C=CCN2Cc1cccc2ccccc12. The molecule has 0 amide bonds. The van der Waals surface area contributed by atoms with E-state index in [1.54, 1.807) is 0 Å². The molecular weight excluding hydrogens is 306 g/mol. The average molecular weight is 325 g/mol. The van der Waals surface area contributed by atoms with Gasteiger partial charge in [0.15, 0.2) is 0 Å². The standard InChI is InChI=1S/C23H19NO/c1-2-15-25-21-12-13-23-19(16-21)10-6-14-24(23)17-20-9-5-8-18-7-3-4-11-22(18)20/h1,3-13,16H,14-15,17H2. The van der Waals surface area contributed by atoms with Crippen molar-refractivity contribution in [1.29, 1.82) is 0 Å². The molecule has 0 saturated heterocycles. The minimum atomic E-state index is 0.294. The maximum atomic E-state index is 5.54. The van der Waals surface area contributed by atoms with Gasteiger partial charge in [0, 0.05) is 24.3 Å². The smallest absolute Gasteiger partial charge is 0.148 e. The van der Waals surface area contributed by atoms with Crippen LogP contribution in [0.15, 0.2) is 66.7 Å². The lowest BCUT2D eigenvalue weighted by Gasteiger charge is -2.29. The molecule has 0 unspecified atom stereocenters. The van der Waals surface area contributed by atoms with Crippen LogP contribution < -0.4 is 9.64 Å². The van der Waals surface area contributed by atoms with E-state index >= 15 is 0 Å². The van der Waals surface area contributed by atoms with Gasteiger partial charge in [-0.15, -0.1) is 6.42 Å². The van der Waals surface area contributed by atoms with Crippen molar-refractivity contribution < 1.29 is 4.74 Å². The number of hydrogen-bond donors (Lipinski definition) is 0. The Kier molecular flexibility index (Phi) is 4.14. The second kappa shape index (κ2) is 6.75. The third kappa shape index (κ3) is 3.09. The van der Waals surface area contributed by atoms with Crippen molar-refractivity contribution in [3.8, 4) is 18.1 Å². The number of ether oxygens (including phenoxy) is 1. The van der Waals surface area contributed by atoms with E-state index in [1.807, 2.05) is 6.07 Å². The Morgan fingerprint density at radius 3 is 2.84 bits per heavy atom. The van der Waals surface area contributed by atoms with E-state index in [2.05, 4.69) is 77.6 Å². The first-order chi connectivity index (χ1) is 12.3. The first-order valence-corrected chi connectivity index (χ1v) is 8.43. The van der Waals surface area contributed by atoms with Crippen LogP contribution in [0.5, 0.6) is 5.75 Å². The first kappa shape index (κ1) is 15.4. The normalized spacial score (nSPS) is 12.7. The van der Waals surface area contributed by atoms with Crippen molar-refractivity contribution in [3.05, 3.63) is 77.9 Å². The summed E-state index contributed by atoms with van der Waals surface area (Å²) in [5, 5.41) is 2.60. The lowest BCUT2D eigenvalue weighted by atomic mass is 10.0. The second-order valence-corrected chi connectivity index (χ2v) is 6.13. The van der Waals surface area contributed by atoms with E-state index < -0.39 is 0 Å². The second-order valence-electron chi connectivity index (χ2n) is 6.13. The number of nitrogens with zero attached hydrogens (tertiary/aromatic N) is 1. The van der Waals surface area contributed by atoms with Crippen LogP contribution >= 0.6 is 0 Å². The highest BCUT2D eigenvalue weighted by molar-refractivity contribution is 5.86. The number of rotatable bonds is 4. The topological polar surface area (TPSA) is 12.5 Å². The third-order valence-corrected chi connectivity index (χ3v) is 4.53. The summed E-state index contributed by atoms with van der Waals surface area (Å²) in [5.74, 6) is 3.32. The number of fused-ring (bicyclic) bond motifs is 2. The average Bonchev–Trinajstić information content (AvgIpc) is 2.67. The van der Waals surface area contributed by atoms with Crippen LogP contribution in [0.2, 0.25) is 0 Å². The van der Waals surface area contributed by atoms with Crippen molar-refractivity contribution >= 4 is 22.5 Å². The maximum Gasteiger partial charge on any atom is 0.148 e. The summed E-state index contributed by atoms with van der Waals surface area (Å²) in [7, 11) is 0. The van der Waals surface area contributed by atoms with Gasteiger partial charge in [-0.1, -0.05) is 60.5 Å². The number of benzene rings is 3. The molecule has 122 valence electrons. The summed E-state index contributed by atoms with van der Waals surface area (Å²) >= 11 is 0. The zero-order valence-corrected chi connectivity index (χ0v) is 14.0. The summed E-state index contributed by atoms with van der Waals surface area (Å²) in [6, 6.07) is 21.2. The van der Waals surface area contributed by atoms with Crippen LogP contribution in [0.1, 0.15) is 11.1 Å². The molecule has 2 heteroatoms. The fourth-order valence-corrected chi connectivity index (χ4v) is 3.36. The molecule has 0 radical (unpaired) electrons. The van der Waals surface area contributed by atoms with E-state index in [0.29, 0.717) is 6.61 Å². The number of anilines is 1. The van der Waals surface area contributed by atoms with Crippen LogP contribution in [-0.2, 0) is 6.54 Å². The molecule has 0 bridgehead atoms. The molecule has 0 fully saturated rings. The van der Waals surface area contributed by atoms with Crippen LogP contribution in [0, 0.1) is 12.3 Å². The number of terminal acetylenes is 1. The maximum absolute atomic E-state index is 5.54. The number of hydrogen-bond acceptors (Lipinski definition) is 2. The van der Waals surface area contributed by atoms with E-state index in [-0.39, 0.29) is 0 Å². The zero-order chi connectivity index (χ0) is 17.1. The van der Waals surface area contributed by atoms with E-state index in [0.717, 1.165) is 18.8 Å². The van der Waals surface area contributed by atoms with Crippen LogP contribution in [0.4, 0.5) is 5.69 Å². The highest BCUT2D eigenvalue weighted by Gasteiger charge is 2.15. The zero-order valence-electron chi connectivity index (χ0n) is 14.0. The van der Waals surface area contributed by atoms with Gasteiger partial charge in [-0.05, 0) is 34.5 Å². The minimum Gasteiger partial charge on any atom is -0.481 e. The van der Waals surface area contributed by atoms with Gasteiger partial charge in [0.1, 0.15) is 12.4 Å². The predicted octanol–water partition coefficient (Wildman–Crippen LogP) is 4.89. The molecule has 0 atom stereocenters. The van der Waals surface area contributed by atoms with E-state index in [4.69, 9.17) is 11.2 Å². The highest BCUT2D eigenvalue weighted by atomic mass is 16.5. The molecule has 0 N–H and O–H groups in total. The van der Waals surface area contributed by atoms with Gasteiger partial charge in [-0.25, -0.2) is 0 Å². The lowest BCUT2D eigenvalue weighted by molar-refractivity contribution is 0.370. The largest absolute Gasteiger partial charge is 0.481 e. The molecule has 25 heavy (non-hydrogen) atoms. The molecule has 3 aromatic rings. The third-order valence-electron chi connectivity index (χ3n) is 4.53. The molecule has 1 aliphatic rings. The lowest BCUT2D eigenvalue weighted by Crippen LogP contribution is -2.25. The molecule has 0 aliphatic carbocycles. The summed E-state index contributed by atoms with van der Waals surface area (Å²) in [6.07, 6.45) is 9.61. The summed E-state index contributed by atoms with van der Waals surface area (Å²) < 4.78 is 5.54. The molecule has 0 spiro atoms. The van der Waals surface area contributed by atoms with Crippen molar-refractivity contribution in [2.24, 2.45) is 0 Å². The molecule has 2 nitrogen and oxygen atoms in total. The molecule has 3 aromatic carbocycles. The fourth-order valence-electron chi connectivity index (χ4n) is 3.36. The minimum absolute atomic E-state index is 0.294. The molecule has 0 aromatic heterocycles. The summed E-state index contributed by atoms with van der Waals surface area (Å²) in [6.45, 7) is 2.08. The van der Waals surface area contributed by atoms with Gasteiger partial charge in [0.2, 0.25) is 0 Å². The van der Waals surface area contributed by atoms with Crippen LogP contribution in [0.25, 0.3) is 16.8 Å². The fraction of sp³-hybridized carbons (Fsp3) is 0.130.